The minimum atomic E-state index is 0.633. The Kier molecular flexibility index (Phi) is 5.50. The fourth-order valence-electron chi connectivity index (χ4n) is 4.21. The Hall–Kier alpha value is -2.65. The number of piperazine rings is 1. The fourth-order valence-corrected chi connectivity index (χ4v) is 4.21. The molecule has 1 atom stereocenters. The quantitative estimate of drug-likeness (QED) is 0.832. The second-order valence-electron chi connectivity index (χ2n) is 7.42. The van der Waals surface area contributed by atoms with Crippen molar-refractivity contribution in [2.45, 2.75) is 12.8 Å². The molecule has 4 rings (SSSR count). The lowest BCUT2D eigenvalue weighted by Crippen LogP contribution is -2.50. The lowest BCUT2D eigenvalue weighted by atomic mass is 9.96. The second kappa shape index (κ2) is 8.36. The van der Waals surface area contributed by atoms with Gasteiger partial charge in [0.25, 0.3) is 0 Å². The average Bonchev–Trinajstić information content (AvgIpc) is 2.75. The third-order valence-electron chi connectivity index (χ3n) is 5.59. The molecule has 4 heterocycles. The number of aromatic nitrogens is 2. The molecule has 2 aliphatic rings. The van der Waals surface area contributed by atoms with Crippen molar-refractivity contribution in [1.29, 1.82) is 5.26 Å². The Morgan fingerprint density at radius 3 is 2.59 bits per heavy atom. The third kappa shape index (κ3) is 4.20. The van der Waals surface area contributed by atoms with Crippen LogP contribution in [0.25, 0.3) is 0 Å². The van der Waals surface area contributed by atoms with E-state index in [2.05, 4.69) is 42.9 Å². The van der Waals surface area contributed by atoms with E-state index in [4.69, 9.17) is 0 Å². The molecule has 0 bridgehead atoms. The summed E-state index contributed by atoms with van der Waals surface area (Å²) in [4.78, 5) is 16.2. The third-order valence-corrected chi connectivity index (χ3v) is 5.59. The normalized spacial score (nSPS) is 21.1. The van der Waals surface area contributed by atoms with E-state index in [1.165, 1.54) is 12.8 Å². The van der Waals surface area contributed by atoms with Crippen LogP contribution in [0.1, 0.15) is 18.4 Å². The van der Waals surface area contributed by atoms with Crippen molar-refractivity contribution >= 4 is 11.6 Å². The van der Waals surface area contributed by atoms with Crippen molar-refractivity contribution in [3.05, 3.63) is 48.3 Å². The van der Waals surface area contributed by atoms with Crippen molar-refractivity contribution in [3.63, 3.8) is 0 Å². The first-order valence-corrected chi connectivity index (χ1v) is 9.82. The van der Waals surface area contributed by atoms with Crippen molar-refractivity contribution in [2.24, 2.45) is 5.92 Å². The Morgan fingerprint density at radius 1 is 0.963 bits per heavy atom. The summed E-state index contributed by atoms with van der Waals surface area (Å²) in [5, 5.41) is 9.36. The lowest BCUT2D eigenvalue weighted by Gasteiger charge is -2.40. The zero-order chi connectivity index (χ0) is 18.5. The molecule has 2 aliphatic heterocycles. The summed E-state index contributed by atoms with van der Waals surface area (Å²) >= 11 is 0. The lowest BCUT2D eigenvalue weighted by molar-refractivity contribution is 0.205. The average molecular weight is 362 g/mol. The van der Waals surface area contributed by atoms with E-state index in [0.29, 0.717) is 11.5 Å². The molecule has 0 amide bonds. The van der Waals surface area contributed by atoms with Gasteiger partial charge in [-0.25, -0.2) is 9.97 Å². The van der Waals surface area contributed by atoms with E-state index < -0.39 is 0 Å². The number of piperidine rings is 1. The minimum absolute atomic E-state index is 0.633. The number of nitriles is 1. The predicted octanol–water partition coefficient (Wildman–Crippen LogP) is 2.39. The number of hydrogen-bond donors (Lipinski definition) is 0. The summed E-state index contributed by atoms with van der Waals surface area (Å²) in [6.07, 6.45) is 6.08. The van der Waals surface area contributed by atoms with E-state index in [9.17, 15) is 5.26 Å². The van der Waals surface area contributed by atoms with Gasteiger partial charge in [-0.1, -0.05) is 6.07 Å². The molecular formula is C21H26N6. The zero-order valence-corrected chi connectivity index (χ0v) is 15.7. The summed E-state index contributed by atoms with van der Waals surface area (Å²) in [7, 11) is 0. The predicted molar refractivity (Wildman–Crippen MR) is 107 cm³/mol. The molecule has 140 valence electrons. The molecule has 0 radical (unpaired) electrons. The molecule has 6 heteroatoms. The van der Waals surface area contributed by atoms with Gasteiger partial charge in [-0.15, -0.1) is 0 Å². The van der Waals surface area contributed by atoms with Crippen LogP contribution < -0.4 is 9.80 Å². The van der Waals surface area contributed by atoms with Gasteiger partial charge in [0.2, 0.25) is 0 Å². The summed E-state index contributed by atoms with van der Waals surface area (Å²) in [5.74, 6) is 2.57. The van der Waals surface area contributed by atoms with E-state index in [1.54, 1.807) is 6.20 Å². The van der Waals surface area contributed by atoms with Crippen LogP contribution in [-0.4, -0.2) is 60.7 Å². The van der Waals surface area contributed by atoms with Crippen LogP contribution in [0.3, 0.4) is 0 Å². The molecule has 0 N–H and O–H groups in total. The monoisotopic (exact) mass is 362 g/mol. The molecule has 0 saturated carbocycles. The van der Waals surface area contributed by atoms with E-state index in [0.717, 1.165) is 57.4 Å². The Morgan fingerprint density at radius 2 is 1.81 bits per heavy atom. The molecule has 0 aromatic carbocycles. The Labute approximate surface area is 161 Å². The first kappa shape index (κ1) is 17.7. The summed E-state index contributed by atoms with van der Waals surface area (Å²) in [5.41, 5.74) is 0.683. The minimum Gasteiger partial charge on any atom is -0.355 e. The molecule has 0 spiro atoms. The summed E-state index contributed by atoms with van der Waals surface area (Å²) < 4.78 is 0. The largest absolute Gasteiger partial charge is 0.355 e. The maximum Gasteiger partial charge on any atom is 0.146 e. The molecule has 27 heavy (non-hydrogen) atoms. The van der Waals surface area contributed by atoms with Crippen LogP contribution in [0, 0.1) is 17.2 Å². The van der Waals surface area contributed by atoms with Gasteiger partial charge in [-0.05, 0) is 43.0 Å². The van der Waals surface area contributed by atoms with Crippen LogP contribution >= 0.6 is 0 Å². The highest BCUT2D eigenvalue weighted by molar-refractivity contribution is 5.53. The van der Waals surface area contributed by atoms with Crippen molar-refractivity contribution in [3.8, 4) is 6.07 Å². The van der Waals surface area contributed by atoms with Crippen LogP contribution in [0.5, 0.6) is 0 Å². The zero-order valence-electron chi connectivity index (χ0n) is 15.7. The number of nitrogens with zero attached hydrogens (tertiary/aromatic N) is 6. The molecule has 0 unspecified atom stereocenters. The highest BCUT2D eigenvalue weighted by Crippen LogP contribution is 2.25. The standard InChI is InChI=1S/C21H26N6/c22-15-19-6-3-9-24-21(19)27-10-4-5-18(17-27)16-25-11-13-26(14-12-25)20-7-1-2-8-23-20/h1-3,6-9,18H,4-5,10-14,16-17H2/t18-/m0/s1. The highest BCUT2D eigenvalue weighted by Gasteiger charge is 2.26. The molecule has 6 nitrogen and oxygen atoms in total. The van der Waals surface area contributed by atoms with Crippen LogP contribution in [0.2, 0.25) is 0 Å². The Balaban J connectivity index is 1.32. The molecule has 2 aromatic rings. The second-order valence-corrected chi connectivity index (χ2v) is 7.42. The number of hydrogen-bond acceptors (Lipinski definition) is 6. The van der Waals surface area contributed by atoms with Crippen LogP contribution in [0.4, 0.5) is 11.6 Å². The molecule has 2 saturated heterocycles. The smallest absolute Gasteiger partial charge is 0.146 e. The first-order valence-electron chi connectivity index (χ1n) is 9.82. The maximum atomic E-state index is 9.36. The molecule has 0 aliphatic carbocycles. The molecule has 2 fully saturated rings. The van der Waals surface area contributed by atoms with Gasteiger partial charge >= 0.3 is 0 Å². The SMILES string of the molecule is N#Cc1cccnc1N1CCC[C@@H](CN2CCN(c3ccccn3)CC2)C1. The van der Waals surface area contributed by atoms with Gasteiger partial charge in [0, 0.05) is 58.2 Å². The van der Waals surface area contributed by atoms with Gasteiger partial charge in [0.15, 0.2) is 0 Å². The number of pyridine rings is 2. The van der Waals surface area contributed by atoms with Crippen molar-refractivity contribution < 1.29 is 0 Å². The van der Waals surface area contributed by atoms with E-state index in [-0.39, 0.29) is 0 Å². The van der Waals surface area contributed by atoms with Crippen molar-refractivity contribution in [2.75, 3.05) is 55.6 Å². The van der Waals surface area contributed by atoms with E-state index in [1.807, 2.05) is 24.4 Å². The summed E-state index contributed by atoms with van der Waals surface area (Å²) in [6, 6.07) is 12.1. The van der Waals surface area contributed by atoms with Gasteiger partial charge in [0.1, 0.15) is 17.7 Å². The molecule has 2 aromatic heterocycles. The highest BCUT2D eigenvalue weighted by atomic mass is 15.3. The van der Waals surface area contributed by atoms with Crippen molar-refractivity contribution in [1.82, 2.24) is 14.9 Å². The maximum absolute atomic E-state index is 9.36. The number of anilines is 2. The van der Waals surface area contributed by atoms with Crippen LogP contribution in [0.15, 0.2) is 42.7 Å². The van der Waals surface area contributed by atoms with Gasteiger partial charge in [-0.2, -0.15) is 5.26 Å². The van der Waals surface area contributed by atoms with Gasteiger partial charge in [0.05, 0.1) is 5.56 Å². The van der Waals surface area contributed by atoms with Gasteiger partial charge < -0.3 is 9.80 Å². The number of rotatable bonds is 4. The summed E-state index contributed by atoms with van der Waals surface area (Å²) in [6.45, 7) is 7.35. The molecular weight excluding hydrogens is 336 g/mol. The van der Waals surface area contributed by atoms with E-state index >= 15 is 0 Å². The van der Waals surface area contributed by atoms with Gasteiger partial charge in [-0.3, -0.25) is 4.90 Å². The fraction of sp³-hybridized carbons (Fsp3) is 0.476. The Bertz CT molecular complexity index is 779. The first-order chi connectivity index (χ1) is 13.3. The topological polar surface area (TPSA) is 59.3 Å². The van der Waals surface area contributed by atoms with Crippen LogP contribution in [-0.2, 0) is 0 Å².